The highest BCUT2D eigenvalue weighted by Crippen LogP contribution is 2.14. The minimum absolute atomic E-state index is 0.179. The molecule has 1 aliphatic rings. The lowest BCUT2D eigenvalue weighted by molar-refractivity contribution is -0.769. The van der Waals surface area contributed by atoms with Gasteiger partial charge in [0.25, 0.3) is 5.09 Å². The number of hydrogen-bond donors (Lipinski definition) is 2. The van der Waals surface area contributed by atoms with Crippen molar-refractivity contribution >= 4 is 11.9 Å². The van der Waals surface area contributed by atoms with Crippen molar-refractivity contribution in [2.75, 3.05) is 19.6 Å². The van der Waals surface area contributed by atoms with E-state index in [-0.39, 0.29) is 6.10 Å². The third-order valence-corrected chi connectivity index (χ3v) is 3.47. The smallest absolute Gasteiger partial charge is 0.328 e. The van der Waals surface area contributed by atoms with Crippen LogP contribution in [0.15, 0.2) is 12.2 Å². The van der Waals surface area contributed by atoms with Crippen LogP contribution in [0.3, 0.4) is 0 Å². The molecule has 0 radical (unpaired) electrons. The van der Waals surface area contributed by atoms with E-state index in [0.29, 0.717) is 12.2 Å². The summed E-state index contributed by atoms with van der Waals surface area (Å²) in [5.74, 6) is -2.51. The van der Waals surface area contributed by atoms with Crippen molar-refractivity contribution in [3.63, 3.8) is 0 Å². The van der Waals surface area contributed by atoms with E-state index in [9.17, 15) is 19.7 Å². The maximum Gasteiger partial charge on any atom is 0.328 e. The molecule has 24 heavy (non-hydrogen) atoms. The van der Waals surface area contributed by atoms with Gasteiger partial charge in [0.1, 0.15) is 6.10 Å². The second-order valence-electron chi connectivity index (χ2n) is 5.44. The number of carboxylic acid groups (broad SMARTS) is 2. The van der Waals surface area contributed by atoms with Gasteiger partial charge in [0, 0.05) is 25.2 Å². The molecule has 0 aromatic rings. The minimum Gasteiger partial charge on any atom is -0.478 e. The number of piperidine rings is 1. The molecular formula is C15H26N2O7. The molecule has 0 unspecified atom stereocenters. The van der Waals surface area contributed by atoms with Crippen LogP contribution in [0.25, 0.3) is 0 Å². The number of rotatable bonds is 9. The third-order valence-electron chi connectivity index (χ3n) is 3.47. The summed E-state index contributed by atoms with van der Waals surface area (Å²) in [6.07, 6.45) is 7.62. The van der Waals surface area contributed by atoms with Crippen LogP contribution in [0.5, 0.6) is 0 Å². The molecule has 1 heterocycles. The topological polar surface area (TPSA) is 130 Å². The Bertz CT molecular complexity index is 402. The summed E-state index contributed by atoms with van der Waals surface area (Å²) < 4.78 is 0. The molecule has 0 aromatic carbocycles. The summed E-state index contributed by atoms with van der Waals surface area (Å²) in [6.45, 7) is 5.21. The molecule has 9 heteroatoms. The number of carbonyl (C=O) groups is 2. The molecule has 9 nitrogen and oxygen atoms in total. The Morgan fingerprint density at radius 1 is 1.17 bits per heavy atom. The highest BCUT2D eigenvalue weighted by Gasteiger charge is 2.21. The molecular weight excluding hydrogens is 320 g/mol. The number of aliphatic carboxylic acids is 2. The third kappa shape index (κ3) is 13.5. The van der Waals surface area contributed by atoms with Crippen molar-refractivity contribution in [1.29, 1.82) is 0 Å². The Morgan fingerprint density at radius 3 is 2.12 bits per heavy atom. The van der Waals surface area contributed by atoms with E-state index in [4.69, 9.17) is 10.2 Å². The lowest BCUT2D eigenvalue weighted by Crippen LogP contribution is -2.38. The van der Waals surface area contributed by atoms with E-state index in [0.717, 1.165) is 32.5 Å². The zero-order valence-corrected chi connectivity index (χ0v) is 13.9. The fourth-order valence-corrected chi connectivity index (χ4v) is 2.26. The molecule has 0 saturated carbocycles. The van der Waals surface area contributed by atoms with Crippen LogP contribution in [-0.2, 0) is 14.4 Å². The second-order valence-corrected chi connectivity index (χ2v) is 5.44. The number of likely N-dealkylation sites (tertiary alicyclic amines) is 1. The Hall–Kier alpha value is -2.16. The Kier molecular flexibility index (Phi) is 12.1. The lowest BCUT2D eigenvalue weighted by atomic mass is 10.1. The molecule has 1 saturated heterocycles. The lowest BCUT2D eigenvalue weighted by Gasteiger charge is -2.30. The highest BCUT2D eigenvalue weighted by atomic mass is 17.0. The van der Waals surface area contributed by atoms with Gasteiger partial charge < -0.3 is 20.0 Å². The average molecular weight is 346 g/mol. The van der Waals surface area contributed by atoms with Gasteiger partial charge in [0.05, 0.1) is 0 Å². The van der Waals surface area contributed by atoms with E-state index in [1.54, 1.807) is 0 Å². The Morgan fingerprint density at radius 2 is 1.71 bits per heavy atom. The molecule has 0 spiro atoms. The molecule has 0 amide bonds. The van der Waals surface area contributed by atoms with Crippen LogP contribution in [0.1, 0.15) is 45.4 Å². The van der Waals surface area contributed by atoms with Crippen LogP contribution in [0.4, 0.5) is 0 Å². The predicted octanol–water partition coefficient (Wildman–Crippen LogP) is 1.95. The van der Waals surface area contributed by atoms with E-state index in [1.807, 2.05) is 0 Å². The second kappa shape index (κ2) is 13.3. The number of hydrogen-bond acceptors (Lipinski definition) is 6. The van der Waals surface area contributed by atoms with Gasteiger partial charge in [-0.15, -0.1) is 10.1 Å². The van der Waals surface area contributed by atoms with Crippen molar-refractivity contribution in [2.24, 2.45) is 0 Å². The SMILES string of the molecule is CCCCCCN1CCC(O[N+](=O)[O-])CC1.O=C(O)C=CC(=O)O. The monoisotopic (exact) mass is 346 g/mol. The standard InChI is InChI=1S/C11H22N2O3.C4H4O4/c1-2-3-4-5-8-12-9-6-11(7-10-12)16-13(14)15;5-3(6)1-2-4(7)8/h11H,2-10H2,1H3;1-2H,(H,5,6)(H,7,8). The summed E-state index contributed by atoms with van der Waals surface area (Å²) in [5, 5.41) is 25.1. The quantitative estimate of drug-likeness (QED) is 0.280. The molecule has 0 atom stereocenters. The molecule has 0 aliphatic carbocycles. The number of nitrogens with zero attached hydrogens (tertiary/aromatic N) is 2. The van der Waals surface area contributed by atoms with Gasteiger partial charge in [0.15, 0.2) is 0 Å². The minimum atomic E-state index is -1.26. The van der Waals surface area contributed by atoms with Crippen LogP contribution in [-0.4, -0.2) is 57.9 Å². The van der Waals surface area contributed by atoms with Crippen LogP contribution < -0.4 is 0 Å². The van der Waals surface area contributed by atoms with E-state index >= 15 is 0 Å². The first kappa shape index (κ1) is 21.8. The van der Waals surface area contributed by atoms with Crippen molar-refractivity contribution in [3.8, 4) is 0 Å². The first-order chi connectivity index (χ1) is 11.3. The maximum absolute atomic E-state index is 10.2. The van der Waals surface area contributed by atoms with Crippen molar-refractivity contribution < 1.29 is 29.7 Å². The van der Waals surface area contributed by atoms with E-state index in [1.165, 1.54) is 25.7 Å². The van der Waals surface area contributed by atoms with Crippen molar-refractivity contribution in [2.45, 2.75) is 51.6 Å². The first-order valence-corrected chi connectivity index (χ1v) is 8.02. The molecule has 0 aromatic heterocycles. The maximum atomic E-state index is 10.2. The Labute approximate surface area is 141 Å². The Balaban J connectivity index is 0.000000561. The molecule has 1 aliphatic heterocycles. The summed E-state index contributed by atoms with van der Waals surface area (Å²) in [7, 11) is 0. The average Bonchev–Trinajstić information content (AvgIpc) is 2.51. The van der Waals surface area contributed by atoms with E-state index in [2.05, 4.69) is 16.7 Å². The zero-order valence-electron chi connectivity index (χ0n) is 13.9. The summed E-state index contributed by atoms with van der Waals surface area (Å²) >= 11 is 0. The normalized spacial score (nSPS) is 15.5. The molecule has 1 fully saturated rings. The van der Waals surface area contributed by atoms with Gasteiger partial charge in [-0.25, -0.2) is 9.59 Å². The molecule has 1 rings (SSSR count). The highest BCUT2D eigenvalue weighted by molar-refractivity contribution is 5.89. The summed E-state index contributed by atoms with van der Waals surface area (Å²) in [4.78, 5) is 36.2. The van der Waals surface area contributed by atoms with Gasteiger partial charge in [0.2, 0.25) is 0 Å². The van der Waals surface area contributed by atoms with Gasteiger partial charge >= 0.3 is 11.9 Å². The van der Waals surface area contributed by atoms with Crippen molar-refractivity contribution in [1.82, 2.24) is 4.90 Å². The number of unbranched alkanes of at least 4 members (excludes halogenated alkanes) is 3. The van der Waals surface area contributed by atoms with Crippen LogP contribution in [0.2, 0.25) is 0 Å². The fourth-order valence-electron chi connectivity index (χ4n) is 2.26. The zero-order chi connectivity index (χ0) is 18.4. The van der Waals surface area contributed by atoms with E-state index < -0.39 is 17.0 Å². The fraction of sp³-hybridized carbons (Fsp3) is 0.733. The van der Waals surface area contributed by atoms with Crippen LogP contribution in [0, 0.1) is 10.1 Å². The molecule has 2 N–H and O–H groups in total. The first-order valence-electron chi connectivity index (χ1n) is 8.02. The summed E-state index contributed by atoms with van der Waals surface area (Å²) in [5.41, 5.74) is 0. The largest absolute Gasteiger partial charge is 0.478 e. The van der Waals surface area contributed by atoms with Crippen molar-refractivity contribution in [3.05, 3.63) is 22.3 Å². The van der Waals surface area contributed by atoms with Gasteiger partial charge in [-0.05, 0) is 25.8 Å². The molecule has 138 valence electrons. The van der Waals surface area contributed by atoms with Gasteiger partial charge in [-0.1, -0.05) is 26.2 Å². The van der Waals surface area contributed by atoms with Crippen LogP contribution >= 0.6 is 0 Å². The van der Waals surface area contributed by atoms with Gasteiger partial charge in [-0.2, -0.15) is 0 Å². The molecule has 0 bridgehead atoms. The van der Waals surface area contributed by atoms with Gasteiger partial charge in [-0.3, -0.25) is 0 Å². The predicted molar refractivity (Wildman–Crippen MR) is 86.1 cm³/mol. The number of carboxylic acids is 2. The summed E-state index contributed by atoms with van der Waals surface area (Å²) in [6, 6.07) is 0.